The van der Waals surface area contributed by atoms with Crippen LogP contribution in [0.3, 0.4) is 0 Å². The van der Waals surface area contributed by atoms with E-state index in [1.807, 2.05) is 0 Å². The summed E-state index contributed by atoms with van der Waals surface area (Å²) >= 11 is 3.70. The Kier molecular flexibility index (Phi) is 2.75. The van der Waals surface area contributed by atoms with Crippen molar-refractivity contribution < 1.29 is 17.9 Å². The lowest BCUT2D eigenvalue weighted by Crippen LogP contribution is -2.06. The molecule has 0 fully saturated rings. The van der Waals surface area contributed by atoms with Gasteiger partial charge in [-0.1, -0.05) is 0 Å². The Balaban J connectivity index is 3.19. The highest BCUT2D eigenvalue weighted by molar-refractivity contribution is 7.80. The number of halogens is 3. The molecule has 1 rings (SSSR count). The van der Waals surface area contributed by atoms with E-state index in [0.29, 0.717) is 0 Å². The van der Waals surface area contributed by atoms with Crippen LogP contribution in [-0.4, -0.2) is 7.11 Å². The van der Waals surface area contributed by atoms with Crippen LogP contribution in [-0.2, 0) is 6.18 Å². The Morgan fingerprint density at radius 3 is 2.38 bits per heavy atom. The van der Waals surface area contributed by atoms with Gasteiger partial charge in [-0.25, -0.2) is 0 Å². The van der Waals surface area contributed by atoms with Gasteiger partial charge < -0.3 is 4.74 Å². The van der Waals surface area contributed by atoms with Crippen molar-refractivity contribution in [2.75, 3.05) is 7.11 Å². The van der Waals surface area contributed by atoms with Gasteiger partial charge in [0.1, 0.15) is 5.75 Å². The molecule has 0 radical (unpaired) electrons. The lowest BCUT2D eigenvalue weighted by Gasteiger charge is -2.10. The van der Waals surface area contributed by atoms with Crippen molar-refractivity contribution in [2.45, 2.75) is 11.1 Å². The maximum Gasteiger partial charge on any atom is 0.417 e. The van der Waals surface area contributed by atoms with E-state index in [1.165, 1.54) is 19.2 Å². The molecule has 0 aliphatic heterocycles. The minimum Gasteiger partial charge on any atom is -0.497 e. The van der Waals surface area contributed by atoms with Gasteiger partial charge in [0.2, 0.25) is 0 Å². The van der Waals surface area contributed by atoms with E-state index >= 15 is 0 Å². The summed E-state index contributed by atoms with van der Waals surface area (Å²) in [5.74, 6) is 0.171. The van der Waals surface area contributed by atoms with Crippen LogP contribution in [0, 0.1) is 0 Å². The third kappa shape index (κ3) is 2.30. The number of hydrogen-bond donors (Lipinski definition) is 1. The molecule has 0 heterocycles. The van der Waals surface area contributed by atoms with Crippen LogP contribution in [0.25, 0.3) is 0 Å². The molecule has 1 aromatic rings. The summed E-state index contributed by atoms with van der Waals surface area (Å²) in [6.45, 7) is 0. The molecule has 0 bridgehead atoms. The average Bonchev–Trinajstić information content (AvgIpc) is 2.03. The monoisotopic (exact) mass is 208 g/mol. The Hall–Kier alpha value is -0.840. The highest BCUT2D eigenvalue weighted by atomic mass is 32.1. The third-order valence-electron chi connectivity index (χ3n) is 1.51. The smallest absolute Gasteiger partial charge is 0.417 e. The number of alkyl halides is 3. The summed E-state index contributed by atoms with van der Waals surface area (Å²) < 4.78 is 41.5. The summed E-state index contributed by atoms with van der Waals surface area (Å²) in [5, 5.41) is 0. The number of thiol groups is 1. The zero-order valence-corrected chi connectivity index (χ0v) is 7.62. The molecule has 0 aliphatic rings. The first-order valence-electron chi connectivity index (χ1n) is 3.39. The third-order valence-corrected chi connectivity index (χ3v) is 1.90. The average molecular weight is 208 g/mol. The molecule has 0 spiro atoms. The Morgan fingerprint density at radius 2 is 1.92 bits per heavy atom. The molecule has 5 heteroatoms. The number of benzene rings is 1. The second-order valence-corrected chi connectivity index (χ2v) is 2.86. The van der Waals surface area contributed by atoms with Crippen LogP contribution in [0.2, 0.25) is 0 Å². The van der Waals surface area contributed by atoms with Gasteiger partial charge in [-0.3, -0.25) is 0 Å². The van der Waals surface area contributed by atoms with Crippen LogP contribution in [0.4, 0.5) is 13.2 Å². The summed E-state index contributed by atoms with van der Waals surface area (Å²) in [6, 6.07) is 3.60. The summed E-state index contributed by atoms with van der Waals surface area (Å²) in [5.41, 5.74) is -0.782. The first-order valence-corrected chi connectivity index (χ1v) is 3.84. The predicted octanol–water partition coefficient (Wildman–Crippen LogP) is 3.00. The largest absolute Gasteiger partial charge is 0.497 e. The van der Waals surface area contributed by atoms with Crippen molar-refractivity contribution in [1.82, 2.24) is 0 Å². The maximum absolute atomic E-state index is 12.3. The molecule has 0 saturated carbocycles. The zero-order valence-electron chi connectivity index (χ0n) is 6.72. The first-order chi connectivity index (χ1) is 5.95. The number of hydrogen-bond acceptors (Lipinski definition) is 2. The minimum atomic E-state index is -4.38. The van der Waals surface area contributed by atoms with Gasteiger partial charge in [-0.05, 0) is 18.2 Å². The van der Waals surface area contributed by atoms with E-state index < -0.39 is 11.7 Å². The topological polar surface area (TPSA) is 9.23 Å². The van der Waals surface area contributed by atoms with Crippen LogP contribution in [0.5, 0.6) is 5.75 Å². The molecule has 0 amide bonds. The number of rotatable bonds is 1. The maximum atomic E-state index is 12.3. The van der Waals surface area contributed by atoms with Gasteiger partial charge in [0.25, 0.3) is 0 Å². The van der Waals surface area contributed by atoms with Crippen LogP contribution < -0.4 is 4.74 Å². The lowest BCUT2D eigenvalue weighted by molar-refractivity contribution is -0.139. The molecule has 0 unspecified atom stereocenters. The van der Waals surface area contributed by atoms with Crippen molar-refractivity contribution in [3.05, 3.63) is 23.8 Å². The fourth-order valence-electron chi connectivity index (χ4n) is 0.869. The van der Waals surface area contributed by atoms with Crippen molar-refractivity contribution in [3.63, 3.8) is 0 Å². The molecule has 0 aliphatic carbocycles. The molecule has 72 valence electrons. The zero-order chi connectivity index (χ0) is 10.1. The fourth-order valence-corrected chi connectivity index (χ4v) is 1.14. The molecule has 0 atom stereocenters. The fraction of sp³-hybridized carbons (Fsp3) is 0.250. The Morgan fingerprint density at radius 1 is 1.31 bits per heavy atom. The molecule has 0 aromatic heterocycles. The van der Waals surface area contributed by atoms with Crippen molar-refractivity contribution in [2.24, 2.45) is 0 Å². The van der Waals surface area contributed by atoms with Gasteiger partial charge >= 0.3 is 6.18 Å². The minimum absolute atomic E-state index is 0.103. The van der Waals surface area contributed by atoms with E-state index in [9.17, 15) is 13.2 Å². The molecule has 13 heavy (non-hydrogen) atoms. The normalized spacial score (nSPS) is 11.5. The molecular formula is C8H7F3OS. The lowest BCUT2D eigenvalue weighted by atomic mass is 10.2. The highest BCUT2D eigenvalue weighted by Gasteiger charge is 2.33. The van der Waals surface area contributed by atoms with Crippen LogP contribution in [0.15, 0.2) is 23.1 Å². The van der Waals surface area contributed by atoms with Crippen LogP contribution >= 0.6 is 12.6 Å². The molecule has 1 aromatic carbocycles. The number of methoxy groups -OCH3 is 1. The predicted molar refractivity (Wildman–Crippen MR) is 45.2 cm³/mol. The van der Waals surface area contributed by atoms with Crippen molar-refractivity contribution in [1.29, 1.82) is 0 Å². The SMILES string of the molecule is COc1ccc(S)c(C(F)(F)F)c1. The Bertz CT molecular complexity index is 309. The summed E-state index contributed by atoms with van der Waals surface area (Å²) in [7, 11) is 1.31. The van der Waals surface area contributed by atoms with Crippen molar-refractivity contribution >= 4 is 12.6 Å². The highest BCUT2D eigenvalue weighted by Crippen LogP contribution is 2.35. The van der Waals surface area contributed by atoms with Crippen molar-refractivity contribution in [3.8, 4) is 5.75 Å². The van der Waals surface area contributed by atoms with Gasteiger partial charge in [-0.15, -0.1) is 12.6 Å². The second-order valence-electron chi connectivity index (χ2n) is 2.38. The second kappa shape index (κ2) is 3.49. The molecule has 0 N–H and O–H groups in total. The quantitative estimate of drug-likeness (QED) is 0.698. The molecule has 1 nitrogen and oxygen atoms in total. The van der Waals surface area contributed by atoms with E-state index in [4.69, 9.17) is 0 Å². The van der Waals surface area contributed by atoms with E-state index in [2.05, 4.69) is 17.4 Å². The number of ether oxygens (including phenoxy) is 1. The summed E-state index contributed by atoms with van der Waals surface area (Å²) in [6.07, 6.45) is -4.38. The van der Waals surface area contributed by atoms with E-state index in [0.717, 1.165) is 6.07 Å². The van der Waals surface area contributed by atoms with Gasteiger partial charge in [-0.2, -0.15) is 13.2 Å². The van der Waals surface area contributed by atoms with Gasteiger partial charge in [0.05, 0.1) is 12.7 Å². The first kappa shape index (κ1) is 10.2. The van der Waals surface area contributed by atoms with Crippen LogP contribution in [0.1, 0.15) is 5.56 Å². The molecule has 0 saturated heterocycles. The van der Waals surface area contributed by atoms with E-state index in [-0.39, 0.29) is 10.6 Å². The van der Waals surface area contributed by atoms with Gasteiger partial charge in [0, 0.05) is 4.90 Å². The summed E-state index contributed by atoms with van der Waals surface area (Å²) in [4.78, 5) is -0.103. The molecular weight excluding hydrogens is 201 g/mol. The van der Waals surface area contributed by atoms with E-state index in [1.54, 1.807) is 0 Å². The Labute approximate surface area is 78.9 Å². The van der Waals surface area contributed by atoms with Gasteiger partial charge in [0.15, 0.2) is 0 Å². The standard InChI is InChI=1S/C8H7F3OS/c1-12-5-2-3-7(13)6(4-5)8(9,10)11/h2-4,13H,1H3.